The third-order valence-corrected chi connectivity index (χ3v) is 0.481. The fraction of sp³-hybridized carbons (Fsp3) is 0. The van der Waals surface area contributed by atoms with Crippen LogP contribution in [0.5, 0.6) is 0 Å². The Hall–Kier alpha value is -0.155. The van der Waals surface area contributed by atoms with Crippen LogP contribution in [0.3, 0.4) is 0 Å². The molecule has 0 N–H and O–H groups in total. The molecule has 0 aliphatic heterocycles. The molecular weight excluding hydrogens is 127 g/mol. The van der Waals surface area contributed by atoms with Gasteiger partial charge in [-0.05, 0) is 0 Å². The molecule has 0 saturated heterocycles. The third-order valence-electron chi connectivity index (χ3n) is 0.481. The summed E-state index contributed by atoms with van der Waals surface area (Å²) < 4.78 is 54.4. The number of rotatable bonds is 2. The molecule has 0 aliphatic carbocycles. The van der Waals surface area contributed by atoms with Gasteiger partial charge in [0.2, 0.25) is 0 Å². The minimum atomic E-state index is -3.57. The second-order valence-corrected chi connectivity index (χ2v) is 1.11. The highest BCUT2D eigenvalue weighted by molar-refractivity contribution is 7.41. The lowest BCUT2D eigenvalue weighted by atomic mass is 9.24. The molecule has 8 heavy (non-hydrogen) atoms. The molecule has 0 unspecified atom stereocenters. The molecule has 0 amide bonds. The van der Waals surface area contributed by atoms with E-state index < -0.39 is 21.1 Å². The summed E-state index contributed by atoms with van der Waals surface area (Å²) in [6.07, 6.45) is 0. The van der Waals surface area contributed by atoms with Crippen molar-refractivity contribution in [1.29, 1.82) is 0 Å². The van der Waals surface area contributed by atoms with Crippen LogP contribution >= 0.6 is 0 Å². The van der Waals surface area contributed by atoms with Gasteiger partial charge in [-0.3, -0.25) is 17.3 Å². The summed E-state index contributed by atoms with van der Waals surface area (Å²) in [6, 6.07) is 0. The SMILES string of the molecule is FB(F)B(F)B(F)F. The standard InChI is InChI=1S/B3F5/c4-1(2(5)6)3(7)8. The molecule has 0 atom stereocenters. The Kier molecular flexibility index (Phi) is 2.93. The van der Waals surface area contributed by atoms with Gasteiger partial charge < -0.3 is 4.32 Å². The van der Waals surface area contributed by atoms with E-state index in [9.17, 15) is 21.6 Å². The van der Waals surface area contributed by atoms with Crippen LogP contribution in [0.25, 0.3) is 0 Å². The van der Waals surface area contributed by atoms with E-state index in [1.807, 2.05) is 0 Å². The van der Waals surface area contributed by atoms with Crippen molar-refractivity contribution in [3.63, 3.8) is 0 Å². The third kappa shape index (κ3) is 2.23. The molecule has 0 aromatic rings. The Morgan fingerprint density at radius 1 is 0.625 bits per heavy atom. The fourth-order valence-electron chi connectivity index (χ4n) is 0.110. The van der Waals surface area contributed by atoms with Crippen molar-refractivity contribution in [2.75, 3.05) is 0 Å². The van der Waals surface area contributed by atoms with Gasteiger partial charge in [-0.15, -0.1) is 0 Å². The molecule has 0 spiro atoms. The molecule has 0 aromatic heterocycles. The van der Waals surface area contributed by atoms with Gasteiger partial charge in [0.05, 0.1) is 0 Å². The maximum absolute atomic E-state index is 11.1. The van der Waals surface area contributed by atoms with Gasteiger partial charge in [-0.25, -0.2) is 0 Å². The smallest absolute Gasteiger partial charge is 0.340 e. The summed E-state index contributed by atoms with van der Waals surface area (Å²) in [7, 11) is -7.15. The van der Waals surface area contributed by atoms with E-state index in [1.54, 1.807) is 0 Å². The highest BCUT2D eigenvalue weighted by Crippen LogP contribution is 2.02. The summed E-state index contributed by atoms with van der Waals surface area (Å²) in [5.41, 5.74) is 0. The van der Waals surface area contributed by atoms with Crippen molar-refractivity contribution in [1.82, 2.24) is 0 Å². The van der Waals surface area contributed by atoms with Gasteiger partial charge in [-0.2, -0.15) is 0 Å². The maximum Gasteiger partial charge on any atom is 0.534 e. The Labute approximate surface area is 43.9 Å². The van der Waals surface area contributed by atoms with Crippen molar-refractivity contribution in [3.8, 4) is 0 Å². The predicted molar refractivity (Wildman–Crippen MR) is 22.8 cm³/mol. The zero-order valence-corrected chi connectivity index (χ0v) is 3.62. The second kappa shape index (κ2) is 2.99. The van der Waals surface area contributed by atoms with Gasteiger partial charge >= 0.3 is 21.1 Å². The first-order valence-electron chi connectivity index (χ1n) is 1.76. The summed E-state index contributed by atoms with van der Waals surface area (Å²) in [4.78, 5) is 0. The van der Waals surface area contributed by atoms with Gasteiger partial charge in [0.15, 0.2) is 0 Å². The topological polar surface area (TPSA) is 0 Å². The summed E-state index contributed by atoms with van der Waals surface area (Å²) >= 11 is 0. The van der Waals surface area contributed by atoms with Crippen LogP contribution in [0.2, 0.25) is 0 Å². The van der Waals surface area contributed by atoms with Gasteiger partial charge in [0, 0.05) is 0 Å². The minimum absolute atomic E-state index is 3.30. The molecular formula is B3F5. The van der Waals surface area contributed by atoms with Crippen LogP contribution in [0.4, 0.5) is 21.6 Å². The van der Waals surface area contributed by atoms with E-state index in [2.05, 4.69) is 0 Å². The lowest BCUT2D eigenvalue weighted by Gasteiger charge is -1.89. The quantitative estimate of drug-likeness (QED) is 0.383. The molecule has 0 saturated carbocycles. The lowest BCUT2D eigenvalue weighted by molar-refractivity contribution is 0.656. The van der Waals surface area contributed by atoms with Crippen LogP contribution in [0.15, 0.2) is 0 Å². The van der Waals surface area contributed by atoms with Crippen molar-refractivity contribution >= 4 is 21.1 Å². The van der Waals surface area contributed by atoms with Crippen LogP contribution in [-0.2, 0) is 0 Å². The molecule has 0 aliphatic rings. The number of hydrogen-bond acceptors (Lipinski definition) is 0. The van der Waals surface area contributed by atoms with E-state index in [0.29, 0.717) is 0 Å². The Balaban J connectivity index is 3.46. The number of hydrogen-bond donors (Lipinski definition) is 0. The molecule has 0 fully saturated rings. The monoisotopic (exact) mass is 128 g/mol. The largest absolute Gasteiger partial charge is 0.534 e. The molecule has 0 nitrogen and oxygen atoms in total. The molecule has 0 heterocycles. The van der Waals surface area contributed by atoms with E-state index in [1.165, 1.54) is 0 Å². The van der Waals surface area contributed by atoms with Gasteiger partial charge in [0.25, 0.3) is 0 Å². The van der Waals surface area contributed by atoms with Gasteiger partial charge in [-0.1, -0.05) is 0 Å². The minimum Gasteiger partial charge on any atom is -0.340 e. The lowest BCUT2D eigenvalue weighted by Crippen LogP contribution is -2.35. The van der Waals surface area contributed by atoms with Gasteiger partial charge in [0.1, 0.15) is 0 Å². The highest BCUT2D eigenvalue weighted by Gasteiger charge is 2.47. The van der Waals surface area contributed by atoms with Crippen LogP contribution in [0, 0.1) is 0 Å². The van der Waals surface area contributed by atoms with Crippen molar-refractivity contribution in [3.05, 3.63) is 0 Å². The van der Waals surface area contributed by atoms with Crippen molar-refractivity contribution < 1.29 is 21.6 Å². The average Bonchev–Trinajstić information content (AvgIpc) is 1.64. The zero-order chi connectivity index (χ0) is 6.73. The molecule has 0 bridgehead atoms. The summed E-state index contributed by atoms with van der Waals surface area (Å²) in [5, 5.41) is 0. The Morgan fingerprint density at radius 3 is 0.875 bits per heavy atom. The molecule has 0 rings (SSSR count). The van der Waals surface area contributed by atoms with Crippen LogP contribution in [-0.4, -0.2) is 21.1 Å². The van der Waals surface area contributed by atoms with Crippen LogP contribution < -0.4 is 0 Å². The normalized spacial score (nSPS) is 8.62. The van der Waals surface area contributed by atoms with E-state index >= 15 is 0 Å². The molecule has 0 radical (unpaired) electrons. The summed E-state index contributed by atoms with van der Waals surface area (Å²) in [6.45, 7) is -3.30. The second-order valence-electron chi connectivity index (χ2n) is 1.11. The Bertz CT molecular complexity index is 52.7. The average molecular weight is 127 g/mol. The first-order valence-corrected chi connectivity index (χ1v) is 1.76. The number of halogens is 5. The zero-order valence-electron chi connectivity index (χ0n) is 3.62. The molecule has 0 aromatic carbocycles. The van der Waals surface area contributed by atoms with E-state index in [-0.39, 0.29) is 0 Å². The molecule has 44 valence electrons. The highest BCUT2D eigenvalue weighted by atomic mass is 19.3. The van der Waals surface area contributed by atoms with E-state index in [4.69, 9.17) is 0 Å². The van der Waals surface area contributed by atoms with Crippen LogP contribution in [0.1, 0.15) is 0 Å². The predicted octanol–water partition coefficient (Wildman–Crippen LogP) is 0.959. The molecule has 8 heteroatoms. The van der Waals surface area contributed by atoms with E-state index in [0.717, 1.165) is 0 Å². The fourth-order valence-corrected chi connectivity index (χ4v) is 0.110. The Morgan fingerprint density at radius 2 is 0.875 bits per heavy atom. The summed E-state index contributed by atoms with van der Waals surface area (Å²) in [5.74, 6) is 0. The first-order chi connectivity index (χ1) is 3.55. The maximum atomic E-state index is 11.1. The first kappa shape index (κ1) is 7.84. The van der Waals surface area contributed by atoms with Crippen molar-refractivity contribution in [2.45, 2.75) is 0 Å². The van der Waals surface area contributed by atoms with Crippen molar-refractivity contribution in [2.24, 2.45) is 0 Å².